The standard InChI is InChI=1S/C23H36N4O/c1-16(2)13-27-14-23(15-27,26-21(28)17(3)4)12-19(6)25-22(7,8)20-11-9-10-18(5)24-20/h9-11,16,25H,3,6,12-15H2,1-2,4-5,7-8H3,(H,26,28). The van der Waals surface area contributed by atoms with Crippen molar-refractivity contribution < 1.29 is 4.79 Å². The zero-order chi connectivity index (χ0) is 21.1. The van der Waals surface area contributed by atoms with E-state index in [0.717, 1.165) is 36.7 Å². The zero-order valence-electron chi connectivity index (χ0n) is 18.4. The number of nitrogens with zero attached hydrogens (tertiary/aromatic N) is 2. The first-order chi connectivity index (χ1) is 12.9. The summed E-state index contributed by atoms with van der Waals surface area (Å²) in [6, 6.07) is 6.04. The van der Waals surface area contributed by atoms with E-state index in [1.807, 2.05) is 25.1 Å². The maximum atomic E-state index is 12.3. The predicted molar refractivity (Wildman–Crippen MR) is 116 cm³/mol. The molecule has 1 aromatic heterocycles. The van der Waals surface area contributed by atoms with Gasteiger partial charge in [-0.1, -0.05) is 33.1 Å². The van der Waals surface area contributed by atoms with Crippen LogP contribution in [0.1, 0.15) is 52.4 Å². The van der Waals surface area contributed by atoms with Gasteiger partial charge in [-0.05, 0) is 45.7 Å². The third-order valence-corrected chi connectivity index (χ3v) is 5.01. The van der Waals surface area contributed by atoms with Crippen LogP contribution in [0.2, 0.25) is 0 Å². The zero-order valence-corrected chi connectivity index (χ0v) is 18.4. The molecule has 154 valence electrons. The summed E-state index contributed by atoms with van der Waals surface area (Å²) in [5, 5.41) is 6.73. The summed E-state index contributed by atoms with van der Waals surface area (Å²) < 4.78 is 0. The summed E-state index contributed by atoms with van der Waals surface area (Å²) in [4.78, 5) is 19.3. The summed E-state index contributed by atoms with van der Waals surface area (Å²) in [7, 11) is 0. The second kappa shape index (κ2) is 8.48. The van der Waals surface area contributed by atoms with E-state index in [2.05, 4.69) is 61.4 Å². The molecule has 1 aromatic rings. The van der Waals surface area contributed by atoms with E-state index < -0.39 is 0 Å². The molecular formula is C23H36N4O. The minimum absolute atomic E-state index is 0.0865. The summed E-state index contributed by atoms with van der Waals surface area (Å²) in [6.07, 6.45) is 0.676. The fourth-order valence-electron chi connectivity index (χ4n) is 3.89. The Balaban J connectivity index is 2.08. The van der Waals surface area contributed by atoms with Crippen LogP contribution in [0.25, 0.3) is 0 Å². The minimum Gasteiger partial charge on any atom is -0.378 e. The second-order valence-electron chi connectivity index (χ2n) is 9.27. The van der Waals surface area contributed by atoms with Crippen molar-refractivity contribution in [2.75, 3.05) is 19.6 Å². The maximum absolute atomic E-state index is 12.3. The van der Waals surface area contributed by atoms with Crippen molar-refractivity contribution >= 4 is 5.91 Å². The number of nitrogens with one attached hydrogen (secondary N) is 2. The molecule has 2 N–H and O–H groups in total. The van der Waals surface area contributed by atoms with Crippen LogP contribution < -0.4 is 10.6 Å². The Labute approximate surface area is 170 Å². The molecule has 0 aliphatic carbocycles. The molecule has 0 saturated carbocycles. The van der Waals surface area contributed by atoms with Gasteiger partial charge >= 0.3 is 0 Å². The monoisotopic (exact) mass is 384 g/mol. The van der Waals surface area contributed by atoms with Gasteiger partial charge in [0.15, 0.2) is 0 Å². The van der Waals surface area contributed by atoms with Gasteiger partial charge in [-0.2, -0.15) is 0 Å². The smallest absolute Gasteiger partial charge is 0.246 e. The molecule has 1 saturated heterocycles. The molecule has 1 aliphatic heterocycles. The number of carbonyl (C=O) groups is 1. The molecule has 1 fully saturated rings. The number of hydrogen-bond acceptors (Lipinski definition) is 4. The molecule has 0 atom stereocenters. The van der Waals surface area contributed by atoms with Gasteiger partial charge in [0, 0.05) is 43.0 Å². The van der Waals surface area contributed by atoms with Crippen LogP contribution in [0.5, 0.6) is 0 Å². The van der Waals surface area contributed by atoms with Crippen molar-refractivity contribution in [1.29, 1.82) is 0 Å². The Morgan fingerprint density at radius 2 is 1.96 bits per heavy atom. The number of hydrogen-bond donors (Lipinski definition) is 2. The number of aromatic nitrogens is 1. The fourth-order valence-corrected chi connectivity index (χ4v) is 3.89. The van der Waals surface area contributed by atoms with Gasteiger partial charge in [0.1, 0.15) is 0 Å². The van der Waals surface area contributed by atoms with E-state index in [1.54, 1.807) is 6.92 Å². The molecule has 28 heavy (non-hydrogen) atoms. The molecule has 1 aliphatic rings. The highest BCUT2D eigenvalue weighted by molar-refractivity contribution is 5.92. The third-order valence-electron chi connectivity index (χ3n) is 5.01. The number of amides is 1. The molecule has 5 nitrogen and oxygen atoms in total. The Hall–Kier alpha value is -2.14. The maximum Gasteiger partial charge on any atom is 0.246 e. The normalized spacial score (nSPS) is 16.4. The second-order valence-corrected chi connectivity index (χ2v) is 9.27. The van der Waals surface area contributed by atoms with Gasteiger partial charge < -0.3 is 10.6 Å². The van der Waals surface area contributed by atoms with E-state index in [0.29, 0.717) is 17.9 Å². The van der Waals surface area contributed by atoms with Crippen molar-refractivity contribution in [3.8, 4) is 0 Å². The Bertz CT molecular complexity index is 745. The summed E-state index contributed by atoms with van der Waals surface area (Å²) in [5.41, 5.74) is 2.76. The fraction of sp³-hybridized carbons (Fsp3) is 0.565. The molecule has 0 unspecified atom stereocenters. The summed E-state index contributed by atoms with van der Waals surface area (Å²) in [6.45, 7) is 23.1. The number of pyridine rings is 1. The van der Waals surface area contributed by atoms with E-state index in [9.17, 15) is 4.79 Å². The molecule has 2 rings (SSSR count). The van der Waals surface area contributed by atoms with Gasteiger partial charge in [0.25, 0.3) is 0 Å². The molecule has 2 heterocycles. The lowest BCUT2D eigenvalue weighted by Crippen LogP contribution is -2.71. The van der Waals surface area contributed by atoms with Gasteiger partial charge in [0.05, 0.1) is 16.8 Å². The van der Waals surface area contributed by atoms with Gasteiger partial charge in [-0.15, -0.1) is 0 Å². The van der Waals surface area contributed by atoms with Crippen LogP contribution in [0.4, 0.5) is 0 Å². The quantitative estimate of drug-likeness (QED) is 0.640. The van der Waals surface area contributed by atoms with Crippen LogP contribution in [0.15, 0.2) is 42.6 Å². The SMILES string of the molecule is C=C(CC1(NC(=O)C(=C)C)CN(CC(C)C)C1)NC(C)(C)c1cccc(C)n1. The molecule has 1 amide bonds. The highest BCUT2D eigenvalue weighted by Crippen LogP contribution is 2.30. The Morgan fingerprint density at radius 3 is 2.50 bits per heavy atom. The van der Waals surface area contributed by atoms with E-state index >= 15 is 0 Å². The highest BCUT2D eigenvalue weighted by Gasteiger charge is 2.44. The summed E-state index contributed by atoms with van der Waals surface area (Å²) in [5.74, 6) is 0.513. The van der Waals surface area contributed by atoms with E-state index in [-0.39, 0.29) is 17.0 Å². The lowest BCUT2D eigenvalue weighted by Gasteiger charge is -2.52. The first-order valence-corrected chi connectivity index (χ1v) is 10.0. The first-order valence-electron chi connectivity index (χ1n) is 10.0. The van der Waals surface area contributed by atoms with Crippen molar-refractivity contribution in [2.45, 2.75) is 59.0 Å². The lowest BCUT2D eigenvalue weighted by molar-refractivity contribution is -0.122. The number of carbonyl (C=O) groups excluding carboxylic acids is 1. The van der Waals surface area contributed by atoms with Gasteiger partial charge in [0.2, 0.25) is 5.91 Å². The predicted octanol–water partition coefficient (Wildman–Crippen LogP) is 3.52. The molecule has 0 aromatic carbocycles. The highest BCUT2D eigenvalue weighted by atomic mass is 16.1. The molecular weight excluding hydrogens is 348 g/mol. The number of likely N-dealkylation sites (tertiary alicyclic amines) is 1. The van der Waals surface area contributed by atoms with Gasteiger partial charge in [-0.3, -0.25) is 14.7 Å². The van der Waals surface area contributed by atoms with Crippen LogP contribution in [0, 0.1) is 12.8 Å². The van der Waals surface area contributed by atoms with E-state index in [4.69, 9.17) is 0 Å². The van der Waals surface area contributed by atoms with E-state index in [1.165, 1.54) is 0 Å². The Kier molecular flexibility index (Phi) is 6.71. The molecule has 0 radical (unpaired) electrons. The lowest BCUT2D eigenvalue weighted by atomic mass is 9.83. The van der Waals surface area contributed by atoms with Crippen LogP contribution in [-0.2, 0) is 10.3 Å². The number of rotatable bonds is 9. The van der Waals surface area contributed by atoms with Crippen LogP contribution in [0.3, 0.4) is 0 Å². The topological polar surface area (TPSA) is 57.3 Å². The largest absolute Gasteiger partial charge is 0.378 e. The molecule has 0 spiro atoms. The average Bonchev–Trinajstić information content (AvgIpc) is 2.51. The average molecular weight is 385 g/mol. The van der Waals surface area contributed by atoms with Crippen molar-refractivity contribution in [2.24, 2.45) is 5.92 Å². The third kappa shape index (κ3) is 5.68. The van der Waals surface area contributed by atoms with Crippen LogP contribution >= 0.6 is 0 Å². The van der Waals surface area contributed by atoms with Crippen molar-refractivity contribution in [1.82, 2.24) is 20.5 Å². The first kappa shape index (κ1) is 22.2. The minimum atomic E-state index is -0.343. The van der Waals surface area contributed by atoms with Crippen molar-refractivity contribution in [3.05, 3.63) is 54.0 Å². The van der Waals surface area contributed by atoms with Gasteiger partial charge in [-0.25, -0.2) is 0 Å². The van der Waals surface area contributed by atoms with Crippen LogP contribution in [-0.4, -0.2) is 41.0 Å². The molecule has 0 bridgehead atoms. The summed E-state index contributed by atoms with van der Waals surface area (Å²) >= 11 is 0. The Morgan fingerprint density at radius 1 is 1.32 bits per heavy atom. The van der Waals surface area contributed by atoms with Crippen molar-refractivity contribution in [3.63, 3.8) is 0 Å². The number of aryl methyl sites for hydroxylation is 1. The molecule has 5 heteroatoms.